The van der Waals surface area contributed by atoms with Crippen LogP contribution in [0.2, 0.25) is 0 Å². The van der Waals surface area contributed by atoms with Crippen LogP contribution < -0.4 is 0 Å². The molecular formula is C13H15N3O. The van der Waals surface area contributed by atoms with E-state index < -0.39 is 0 Å². The molecular weight excluding hydrogens is 214 g/mol. The predicted molar refractivity (Wildman–Crippen MR) is 65.5 cm³/mol. The normalized spacial score (nSPS) is 10.5. The second kappa shape index (κ2) is 4.91. The first-order valence-electron chi connectivity index (χ1n) is 5.70. The number of aromatic nitrogens is 3. The zero-order valence-electron chi connectivity index (χ0n) is 10.1. The summed E-state index contributed by atoms with van der Waals surface area (Å²) in [6, 6.07) is 1.84. The van der Waals surface area contributed by atoms with E-state index in [2.05, 4.69) is 16.9 Å². The van der Waals surface area contributed by atoms with Crippen molar-refractivity contribution in [2.24, 2.45) is 0 Å². The van der Waals surface area contributed by atoms with Gasteiger partial charge in [-0.05, 0) is 25.0 Å². The molecule has 4 heteroatoms. The fourth-order valence-corrected chi connectivity index (χ4v) is 1.84. The summed E-state index contributed by atoms with van der Waals surface area (Å²) in [5.41, 5.74) is 1.58. The molecule has 17 heavy (non-hydrogen) atoms. The Morgan fingerprint density at radius 1 is 1.41 bits per heavy atom. The number of aryl methyl sites for hydroxylation is 2. The maximum absolute atomic E-state index is 10.7. The van der Waals surface area contributed by atoms with Gasteiger partial charge in [0.25, 0.3) is 0 Å². The van der Waals surface area contributed by atoms with E-state index in [0.717, 1.165) is 36.3 Å². The summed E-state index contributed by atoms with van der Waals surface area (Å²) in [5, 5.41) is 0. The molecule has 2 heterocycles. The quantitative estimate of drug-likeness (QED) is 0.756. The van der Waals surface area contributed by atoms with Crippen molar-refractivity contribution in [1.82, 2.24) is 14.5 Å². The monoisotopic (exact) mass is 229 g/mol. The molecule has 0 spiro atoms. The highest BCUT2D eigenvalue weighted by Crippen LogP contribution is 2.14. The van der Waals surface area contributed by atoms with Crippen LogP contribution in [0.25, 0.3) is 5.82 Å². The van der Waals surface area contributed by atoms with Crippen LogP contribution >= 0.6 is 0 Å². The van der Waals surface area contributed by atoms with Crippen LogP contribution in [0.5, 0.6) is 0 Å². The van der Waals surface area contributed by atoms with Gasteiger partial charge in [-0.15, -0.1) is 0 Å². The molecule has 0 atom stereocenters. The summed E-state index contributed by atoms with van der Waals surface area (Å²) < 4.78 is 1.98. The van der Waals surface area contributed by atoms with Crippen molar-refractivity contribution in [2.75, 3.05) is 0 Å². The Kier molecular flexibility index (Phi) is 3.32. The molecule has 88 valence electrons. The van der Waals surface area contributed by atoms with Gasteiger partial charge in [-0.2, -0.15) is 0 Å². The number of hydrogen-bond acceptors (Lipinski definition) is 3. The number of carbonyl (C=O) groups is 1. The minimum Gasteiger partial charge on any atom is -0.298 e. The summed E-state index contributed by atoms with van der Waals surface area (Å²) in [6.45, 7) is 4.07. The summed E-state index contributed by atoms with van der Waals surface area (Å²) >= 11 is 0. The third kappa shape index (κ3) is 2.25. The average Bonchev–Trinajstić information content (AvgIpc) is 2.77. The topological polar surface area (TPSA) is 47.8 Å². The molecule has 2 rings (SSSR count). The van der Waals surface area contributed by atoms with Gasteiger partial charge in [-0.3, -0.25) is 9.36 Å². The smallest absolute Gasteiger partial charge is 0.151 e. The lowest BCUT2D eigenvalue weighted by atomic mass is 10.2. The van der Waals surface area contributed by atoms with E-state index in [1.807, 2.05) is 23.8 Å². The van der Waals surface area contributed by atoms with Gasteiger partial charge in [0.1, 0.15) is 11.6 Å². The van der Waals surface area contributed by atoms with Crippen LogP contribution in [-0.4, -0.2) is 20.8 Å². The molecule has 0 saturated carbocycles. The molecule has 2 aromatic rings. The van der Waals surface area contributed by atoms with E-state index in [1.165, 1.54) is 0 Å². The fourth-order valence-electron chi connectivity index (χ4n) is 1.84. The molecule has 2 aromatic heterocycles. The average molecular weight is 229 g/mol. The largest absolute Gasteiger partial charge is 0.298 e. The molecule has 0 unspecified atom stereocenters. The van der Waals surface area contributed by atoms with E-state index in [9.17, 15) is 4.79 Å². The number of nitrogens with zero attached hydrogens (tertiary/aromatic N) is 3. The number of pyridine rings is 1. The van der Waals surface area contributed by atoms with Crippen molar-refractivity contribution in [3.8, 4) is 5.82 Å². The number of rotatable bonds is 4. The lowest BCUT2D eigenvalue weighted by molar-refractivity contribution is 0.112. The highest BCUT2D eigenvalue weighted by Gasteiger charge is 2.08. The molecule has 0 bridgehead atoms. The van der Waals surface area contributed by atoms with Gasteiger partial charge < -0.3 is 0 Å². The van der Waals surface area contributed by atoms with Crippen molar-refractivity contribution >= 4 is 6.29 Å². The molecule has 4 nitrogen and oxygen atoms in total. The lowest BCUT2D eigenvalue weighted by Gasteiger charge is -2.09. The third-order valence-electron chi connectivity index (χ3n) is 2.63. The van der Waals surface area contributed by atoms with E-state index in [1.54, 1.807) is 12.4 Å². The Labute approximate surface area is 100 Å². The van der Waals surface area contributed by atoms with E-state index in [0.29, 0.717) is 5.56 Å². The number of aldehydes is 1. The van der Waals surface area contributed by atoms with Crippen LogP contribution in [0.3, 0.4) is 0 Å². The Bertz CT molecular complexity index is 531. The van der Waals surface area contributed by atoms with Crippen LogP contribution in [0, 0.1) is 6.92 Å². The number of imidazole rings is 1. The maximum Gasteiger partial charge on any atom is 0.151 e. The highest BCUT2D eigenvalue weighted by atomic mass is 16.1. The Morgan fingerprint density at radius 3 is 2.88 bits per heavy atom. The summed E-state index contributed by atoms with van der Waals surface area (Å²) in [4.78, 5) is 19.3. The van der Waals surface area contributed by atoms with E-state index in [-0.39, 0.29) is 0 Å². The van der Waals surface area contributed by atoms with Crippen molar-refractivity contribution < 1.29 is 4.79 Å². The SMILES string of the molecule is CCCc1nccn1-c1ncc(C=O)cc1C. The predicted octanol–water partition coefficient (Wildman–Crippen LogP) is 2.34. The van der Waals surface area contributed by atoms with E-state index >= 15 is 0 Å². The van der Waals surface area contributed by atoms with Gasteiger partial charge in [0, 0.05) is 30.6 Å². The Morgan fingerprint density at radius 2 is 2.24 bits per heavy atom. The molecule has 0 fully saturated rings. The first-order valence-corrected chi connectivity index (χ1v) is 5.70. The Balaban J connectivity index is 2.45. The van der Waals surface area contributed by atoms with Gasteiger partial charge in [-0.25, -0.2) is 9.97 Å². The van der Waals surface area contributed by atoms with Crippen molar-refractivity contribution in [3.63, 3.8) is 0 Å². The van der Waals surface area contributed by atoms with Gasteiger partial charge in [0.05, 0.1) is 0 Å². The van der Waals surface area contributed by atoms with E-state index in [4.69, 9.17) is 0 Å². The maximum atomic E-state index is 10.7. The molecule has 0 amide bonds. The lowest BCUT2D eigenvalue weighted by Crippen LogP contribution is -2.05. The number of carbonyl (C=O) groups excluding carboxylic acids is 1. The van der Waals surface area contributed by atoms with Crippen LogP contribution in [0.4, 0.5) is 0 Å². The Hall–Kier alpha value is -1.97. The van der Waals surface area contributed by atoms with Crippen molar-refractivity contribution in [3.05, 3.63) is 41.6 Å². The molecule has 0 N–H and O–H groups in total. The van der Waals surface area contributed by atoms with Crippen LogP contribution in [0.15, 0.2) is 24.7 Å². The minimum atomic E-state index is 0.600. The van der Waals surface area contributed by atoms with Gasteiger partial charge >= 0.3 is 0 Å². The molecule has 0 aromatic carbocycles. The second-order valence-electron chi connectivity index (χ2n) is 3.99. The zero-order valence-corrected chi connectivity index (χ0v) is 10.1. The molecule has 0 saturated heterocycles. The van der Waals surface area contributed by atoms with Gasteiger partial charge in [0.15, 0.2) is 6.29 Å². The van der Waals surface area contributed by atoms with Crippen molar-refractivity contribution in [2.45, 2.75) is 26.7 Å². The van der Waals surface area contributed by atoms with Gasteiger partial charge in [-0.1, -0.05) is 6.92 Å². The third-order valence-corrected chi connectivity index (χ3v) is 2.63. The standard InChI is InChI=1S/C13H15N3O/c1-3-4-12-14-5-6-16(12)13-10(2)7-11(9-17)8-15-13/h5-9H,3-4H2,1-2H3. The summed E-state index contributed by atoms with van der Waals surface area (Å²) in [5.74, 6) is 1.85. The minimum absolute atomic E-state index is 0.600. The first-order chi connectivity index (χ1) is 8.26. The molecule has 0 aliphatic carbocycles. The van der Waals surface area contributed by atoms with Crippen molar-refractivity contribution in [1.29, 1.82) is 0 Å². The summed E-state index contributed by atoms with van der Waals surface area (Å²) in [6.07, 6.45) is 8.04. The van der Waals surface area contributed by atoms with Gasteiger partial charge in [0.2, 0.25) is 0 Å². The summed E-state index contributed by atoms with van der Waals surface area (Å²) in [7, 11) is 0. The van der Waals surface area contributed by atoms with Crippen LogP contribution in [-0.2, 0) is 6.42 Å². The molecule has 0 aliphatic heterocycles. The molecule has 0 radical (unpaired) electrons. The number of hydrogen-bond donors (Lipinski definition) is 0. The zero-order chi connectivity index (χ0) is 12.3. The fraction of sp³-hybridized carbons (Fsp3) is 0.308. The highest BCUT2D eigenvalue weighted by molar-refractivity contribution is 5.74. The van der Waals surface area contributed by atoms with Crippen LogP contribution in [0.1, 0.15) is 35.1 Å². The second-order valence-corrected chi connectivity index (χ2v) is 3.99. The molecule has 0 aliphatic rings. The first kappa shape index (κ1) is 11.5.